The maximum absolute atomic E-state index is 5.04. The number of anilines is 1. The van der Waals surface area contributed by atoms with Crippen molar-refractivity contribution in [1.82, 2.24) is 5.32 Å². The van der Waals surface area contributed by atoms with Crippen LogP contribution < -0.4 is 10.2 Å². The van der Waals surface area contributed by atoms with E-state index in [1.54, 1.807) is 12.5 Å². The van der Waals surface area contributed by atoms with E-state index in [2.05, 4.69) is 49.3 Å². The summed E-state index contributed by atoms with van der Waals surface area (Å²) in [5.41, 5.74) is 5.13. The third-order valence-electron chi connectivity index (χ3n) is 3.30. The van der Waals surface area contributed by atoms with Gasteiger partial charge in [-0.25, -0.2) is 0 Å². The van der Waals surface area contributed by atoms with Gasteiger partial charge in [0.05, 0.1) is 12.5 Å². The first kappa shape index (κ1) is 13.7. The average molecular weight is 258 g/mol. The smallest absolute Gasteiger partial charge is 0.0947 e. The number of aryl methyl sites for hydroxylation is 2. The van der Waals surface area contributed by atoms with Crippen LogP contribution in [-0.2, 0) is 6.54 Å². The van der Waals surface area contributed by atoms with Gasteiger partial charge in [-0.15, -0.1) is 0 Å². The quantitative estimate of drug-likeness (QED) is 0.807. The second-order valence-corrected chi connectivity index (χ2v) is 5.02. The first-order valence-corrected chi connectivity index (χ1v) is 6.67. The van der Waals surface area contributed by atoms with Crippen LogP contribution in [-0.4, -0.2) is 20.1 Å². The van der Waals surface area contributed by atoms with Crippen molar-refractivity contribution in [1.29, 1.82) is 0 Å². The van der Waals surface area contributed by atoms with Gasteiger partial charge in [-0.3, -0.25) is 0 Å². The molecule has 1 N–H and O–H groups in total. The molecule has 1 aromatic heterocycles. The van der Waals surface area contributed by atoms with Crippen LogP contribution in [0, 0.1) is 13.8 Å². The number of likely N-dealkylation sites (N-methyl/N-ethyl adjacent to an activating group) is 1. The lowest BCUT2D eigenvalue weighted by molar-refractivity contribution is 0.560. The van der Waals surface area contributed by atoms with Crippen molar-refractivity contribution in [2.75, 3.05) is 25.0 Å². The summed E-state index contributed by atoms with van der Waals surface area (Å²) in [6.07, 6.45) is 3.49. The molecule has 1 aromatic carbocycles. The number of rotatable bonds is 6. The third kappa shape index (κ3) is 3.86. The zero-order valence-corrected chi connectivity index (χ0v) is 11.9. The van der Waals surface area contributed by atoms with Gasteiger partial charge in [0.15, 0.2) is 0 Å². The minimum absolute atomic E-state index is 0.858. The lowest BCUT2D eigenvalue weighted by Gasteiger charge is -2.22. The molecule has 0 atom stereocenters. The molecule has 3 heteroatoms. The predicted octanol–water partition coefficient (Wildman–Crippen LogP) is 3.12. The van der Waals surface area contributed by atoms with Gasteiger partial charge in [-0.1, -0.05) is 17.7 Å². The summed E-state index contributed by atoms with van der Waals surface area (Å²) >= 11 is 0. The highest BCUT2D eigenvalue weighted by molar-refractivity contribution is 5.53. The first-order valence-electron chi connectivity index (χ1n) is 6.67. The molecule has 0 saturated carbocycles. The molecule has 1 heterocycles. The molecule has 0 aliphatic rings. The zero-order valence-electron chi connectivity index (χ0n) is 11.9. The van der Waals surface area contributed by atoms with Gasteiger partial charge in [-0.2, -0.15) is 0 Å². The molecule has 0 radical (unpaired) electrons. The van der Waals surface area contributed by atoms with Gasteiger partial charge in [0.2, 0.25) is 0 Å². The Kier molecular flexibility index (Phi) is 4.63. The van der Waals surface area contributed by atoms with E-state index < -0.39 is 0 Å². The van der Waals surface area contributed by atoms with Crippen LogP contribution in [0.2, 0.25) is 0 Å². The third-order valence-corrected chi connectivity index (χ3v) is 3.30. The van der Waals surface area contributed by atoms with E-state index in [-0.39, 0.29) is 0 Å². The van der Waals surface area contributed by atoms with Crippen molar-refractivity contribution in [2.45, 2.75) is 20.4 Å². The number of hydrogen-bond acceptors (Lipinski definition) is 3. The van der Waals surface area contributed by atoms with Crippen LogP contribution >= 0.6 is 0 Å². The molecule has 2 aromatic rings. The highest BCUT2D eigenvalue weighted by Crippen LogP contribution is 2.19. The van der Waals surface area contributed by atoms with E-state index in [1.807, 2.05) is 6.07 Å². The molecule has 0 amide bonds. The van der Waals surface area contributed by atoms with E-state index in [0.29, 0.717) is 0 Å². The van der Waals surface area contributed by atoms with Crippen molar-refractivity contribution in [2.24, 2.45) is 0 Å². The molecule has 19 heavy (non-hydrogen) atoms. The van der Waals surface area contributed by atoms with Gasteiger partial charge in [0, 0.05) is 37.9 Å². The molecule has 0 bridgehead atoms. The molecule has 102 valence electrons. The van der Waals surface area contributed by atoms with E-state index in [0.717, 1.165) is 19.6 Å². The van der Waals surface area contributed by atoms with Gasteiger partial charge in [-0.05, 0) is 31.5 Å². The Labute approximate surface area is 115 Å². The Morgan fingerprint density at radius 2 is 2.05 bits per heavy atom. The molecule has 0 saturated heterocycles. The van der Waals surface area contributed by atoms with E-state index >= 15 is 0 Å². The molecular weight excluding hydrogens is 236 g/mol. The van der Waals surface area contributed by atoms with Crippen LogP contribution in [0.5, 0.6) is 0 Å². The Morgan fingerprint density at radius 3 is 2.74 bits per heavy atom. The van der Waals surface area contributed by atoms with Crippen LogP contribution in [0.15, 0.2) is 41.2 Å². The van der Waals surface area contributed by atoms with Crippen LogP contribution in [0.1, 0.15) is 16.7 Å². The second kappa shape index (κ2) is 6.43. The topological polar surface area (TPSA) is 28.4 Å². The van der Waals surface area contributed by atoms with Crippen molar-refractivity contribution in [3.63, 3.8) is 0 Å². The largest absolute Gasteiger partial charge is 0.472 e. The molecule has 0 unspecified atom stereocenters. The Bertz CT molecular complexity index is 505. The van der Waals surface area contributed by atoms with Gasteiger partial charge in [0.1, 0.15) is 0 Å². The molecule has 3 nitrogen and oxygen atoms in total. The SMILES string of the molecule is Cc1ccc(N(C)CCNCc2ccoc2)c(C)c1. The van der Waals surface area contributed by atoms with Crippen molar-refractivity contribution in [3.8, 4) is 0 Å². The predicted molar refractivity (Wildman–Crippen MR) is 79.6 cm³/mol. The number of furan rings is 1. The Morgan fingerprint density at radius 1 is 1.21 bits per heavy atom. The summed E-state index contributed by atoms with van der Waals surface area (Å²) < 4.78 is 5.04. The summed E-state index contributed by atoms with van der Waals surface area (Å²) in [5.74, 6) is 0. The first-order chi connectivity index (χ1) is 9.16. The molecule has 0 aliphatic carbocycles. The molecule has 0 spiro atoms. The van der Waals surface area contributed by atoms with E-state index in [4.69, 9.17) is 4.42 Å². The maximum Gasteiger partial charge on any atom is 0.0947 e. The summed E-state index contributed by atoms with van der Waals surface area (Å²) in [6.45, 7) is 7.09. The summed E-state index contributed by atoms with van der Waals surface area (Å²) in [5, 5.41) is 3.42. The van der Waals surface area contributed by atoms with Crippen molar-refractivity contribution < 1.29 is 4.42 Å². The van der Waals surface area contributed by atoms with Gasteiger partial charge >= 0.3 is 0 Å². The average Bonchev–Trinajstić information content (AvgIpc) is 2.87. The fraction of sp³-hybridized carbons (Fsp3) is 0.375. The van der Waals surface area contributed by atoms with Crippen molar-refractivity contribution >= 4 is 5.69 Å². The summed E-state index contributed by atoms with van der Waals surface area (Å²) in [7, 11) is 2.14. The van der Waals surface area contributed by atoms with Gasteiger partial charge in [0.25, 0.3) is 0 Å². The van der Waals surface area contributed by atoms with Crippen LogP contribution in [0.4, 0.5) is 5.69 Å². The highest BCUT2D eigenvalue weighted by Gasteiger charge is 2.04. The fourth-order valence-corrected chi connectivity index (χ4v) is 2.23. The summed E-state index contributed by atoms with van der Waals surface area (Å²) in [4.78, 5) is 2.29. The van der Waals surface area contributed by atoms with Gasteiger partial charge < -0.3 is 14.6 Å². The number of nitrogens with zero attached hydrogens (tertiary/aromatic N) is 1. The molecule has 0 aliphatic heterocycles. The molecule has 0 fully saturated rings. The molecular formula is C16H22N2O. The van der Waals surface area contributed by atoms with E-state index in [1.165, 1.54) is 22.4 Å². The molecule has 2 rings (SSSR count). The second-order valence-electron chi connectivity index (χ2n) is 5.02. The monoisotopic (exact) mass is 258 g/mol. The van der Waals surface area contributed by atoms with Crippen LogP contribution in [0.25, 0.3) is 0 Å². The Balaban J connectivity index is 1.79. The van der Waals surface area contributed by atoms with Crippen molar-refractivity contribution in [3.05, 3.63) is 53.5 Å². The number of nitrogens with one attached hydrogen (secondary N) is 1. The lowest BCUT2D eigenvalue weighted by atomic mass is 10.1. The lowest BCUT2D eigenvalue weighted by Crippen LogP contribution is -2.29. The number of benzene rings is 1. The number of hydrogen-bond donors (Lipinski definition) is 1. The highest BCUT2D eigenvalue weighted by atomic mass is 16.3. The van der Waals surface area contributed by atoms with Crippen LogP contribution in [0.3, 0.4) is 0 Å². The standard InChI is InChI=1S/C16H22N2O/c1-13-4-5-16(14(2)10-13)18(3)8-7-17-11-15-6-9-19-12-15/h4-6,9-10,12,17H,7-8,11H2,1-3H3. The van der Waals surface area contributed by atoms with E-state index in [9.17, 15) is 0 Å². The zero-order chi connectivity index (χ0) is 13.7. The fourth-order valence-electron chi connectivity index (χ4n) is 2.23. The Hall–Kier alpha value is -1.74. The minimum Gasteiger partial charge on any atom is -0.472 e. The maximum atomic E-state index is 5.04. The summed E-state index contributed by atoms with van der Waals surface area (Å²) in [6, 6.07) is 8.57. The minimum atomic E-state index is 0.858. The normalized spacial score (nSPS) is 10.7.